The molecule has 1 N–H and O–H groups in total. The number of aromatic amines is 1. The van der Waals surface area contributed by atoms with E-state index in [1.165, 1.54) is 0 Å². The zero-order valence-electron chi connectivity index (χ0n) is 11.5. The molecule has 0 radical (unpaired) electrons. The molecule has 6 heteroatoms. The number of nitrogens with one attached hydrogen (secondary N) is 1. The summed E-state index contributed by atoms with van der Waals surface area (Å²) in [5, 5.41) is 2.87. The molecule has 0 spiro atoms. The zero-order valence-corrected chi connectivity index (χ0v) is 11.5. The van der Waals surface area contributed by atoms with Gasteiger partial charge in [-0.3, -0.25) is 19.5 Å². The maximum Gasteiger partial charge on any atom is 0.410 e. The lowest BCUT2D eigenvalue weighted by Gasteiger charge is -2.24. The predicted molar refractivity (Wildman–Crippen MR) is 68.8 cm³/mol. The molecule has 1 aliphatic carbocycles. The summed E-state index contributed by atoms with van der Waals surface area (Å²) in [5.41, 5.74) is 1.06. The number of amides is 1. The number of H-pyrrole nitrogens is 1. The topological polar surface area (TPSA) is 67.3 Å². The summed E-state index contributed by atoms with van der Waals surface area (Å²) in [4.78, 5) is 25.5. The highest BCUT2D eigenvalue weighted by molar-refractivity contribution is 5.69. The summed E-state index contributed by atoms with van der Waals surface area (Å²) >= 11 is 0. The SMILES string of the molecule is CC(C)(C)OC(=O)N1Cc2c(n(C3CC3)[nH]c2=O)C1. The monoisotopic (exact) mass is 265 g/mol. The first-order chi connectivity index (χ1) is 8.85. The van der Waals surface area contributed by atoms with E-state index in [4.69, 9.17) is 4.74 Å². The van der Waals surface area contributed by atoms with Gasteiger partial charge in [0.15, 0.2) is 0 Å². The Balaban J connectivity index is 1.79. The van der Waals surface area contributed by atoms with E-state index in [1.54, 1.807) is 4.90 Å². The summed E-state index contributed by atoms with van der Waals surface area (Å²) < 4.78 is 7.28. The highest BCUT2D eigenvalue weighted by atomic mass is 16.6. The van der Waals surface area contributed by atoms with Crippen LogP contribution in [0.5, 0.6) is 0 Å². The van der Waals surface area contributed by atoms with Crippen molar-refractivity contribution in [2.45, 2.75) is 58.3 Å². The van der Waals surface area contributed by atoms with E-state index in [-0.39, 0.29) is 11.7 Å². The van der Waals surface area contributed by atoms with Gasteiger partial charge < -0.3 is 4.74 Å². The Morgan fingerprint density at radius 2 is 2.00 bits per heavy atom. The van der Waals surface area contributed by atoms with Crippen molar-refractivity contribution in [3.05, 3.63) is 21.6 Å². The molecule has 2 heterocycles. The molecule has 3 rings (SSSR count). The lowest BCUT2D eigenvalue weighted by Crippen LogP contribution is -2.34. The summed E-state index contributed by atoms with van der Waals surface area (Å²) in [6.07, 6.45) is 1.85. The number of carbonyl (C=O) groups is 1. The van der Waals surface area contributed by atoms with Gasteiger partial charge in [-0.25, -0.2) is 4.79 Å². The molecule has 104 valence electrons. The van der Waals surface area contributed by atoms with Gasteiger partial charge >= 0.3 is 6.09 Å². The summed E-state index contributed by atoms with van der Waals surface area (Å²) in [6.45, 7) is 6.32. The van der Waals surface area contributed by atoms with Crippen molar-refractivity contribution in [3.8, 4) is 0 Å². The van der Waals surface area contributed by atoms with Crippen molar-refractivity contribution < 1.29 is 9.53 Å². The van der Waals surface area contributed by atoms with Crippen LogP contribution in [0.25, 0.3) is 0 Å². The molecular weight excluding hydrogens is 246 g/mol. The van der Waals surface area contributed by atoms with Gasteiger partial charge in [0.05, 0.1) is 30.4 Å². The van der Waals surface area contributed by atoms with E-state index >= 15 is 0 Å². The first kappa shape index (κ1) is 12.3. The number of ether oxygens (including phenoxy) is 1. The average Bonchev–Trinajstić information content (AvgIpc) is 2.92. The maximum atomic E-state index is 12.0. The van der Waals surface area contributed by atoms with Crippen LogP contribution in [0.2, 0.25) is 0 Å². The van der Waals surface area contributed by atoms with Crippen LogP contribution >= 0.6 is 0 Å². The number of nitrogens with zero attached hydrogens (tertiary/aromatic N) is 2. The van der Waals surface area contributed by atoms with E-state index in [2.05, 4.69) is 5.10 Å². The van der Waals surface area contributed by atoms with Gasteiger partial charge in [0.25, 0.3) is 5.56 Å². The van der Waals surface area contributed by atoms with Crippen LogP contribution in [0, 0.1) is 0 Å². The maximum absolute atomic E-state index is 12.0. The van der Waals surface area contributed by atoms with E-state index < -0.39 is 5.60 Å². The van der Waals surface area contributed by atoms with Crippen LogP contribution in [0.1, 0.15) is 50.9 Å². The Morgan fingerprint density at radius 3 is 2.58 bits per heavy atom. The number of carbonyl (C=O) groups excluding carboxylic acids is 1. The van der Waals surface area contributed by atoms with Gasteiger partial charge in [-0.15, -0.1) is 0 Å². The van der Waals surface area contributed by atoms with E-state index in [1.807, 2.05) is 25.5 Å². The highest BCUT2D eigenvalue weighted by Crippen LogP contribution is 2.37. The Kier molecular flexibility index (Phi) is 2.52. The molecule has 1 aromatic rings. The van der Waals surface area contributed by atoms with Crippen LogP contribution in [-0.4, -0.2) is 26.4 Å². The fourth-order valence-corrected chi connectivity index (χ4v) is 2.38. The van der Waals surface area contributed by atoms with Gasteiger partial charge in [0, 0.05) is 0 Å². The molecule has 1 aliphatic heterocycles. The Hall–Kier alpha value is -1.72. The summed E-state index contributed by atoms with van der Waals surface area (Å²) in [5.74, 6) is 0. The second-order valence-corrected chi connectivity index (χ2v) is 6.30. The van der Waals surface area contributed by atoms with Crippen LogP contribution < -0.4 is 5.56 Å². The zero-order chi connectivity index (χ0) is 13.8. The second kappa shape index (κ2) is 3.88. The van der Waals surface area contributed by atoms with Gasteiger partial charge in [-0.05, 0) is 33.6 Å². The largest absolute Gasteiger partial charge is 0.444 e. The van der Waals surface area contributed by atoms with Gasteiger partial charge in [-0.2, -0.15) is 0 Å². The second-order valence-electron chi connectivity index (χ2n) is 6.30. The number of fused-ring (bicyclic) bond motifs is 1. The van der Waals surface area contributed by atoms with Crippen LogP contribution in [0.4, 0.5) is 4.79 Å². The van der Waals surface area contributed by atoms with Gasteiger partial charge in [-0.1, -0.05) is 0 Å². The van der Waals surface area contributed by atoms with Crippen LogP contribution in [-0.2, 0) is 17.8 Å². The number of hydrogen-bond donors (Lipinski definition) is 1. The number of rotatable bonds is 1. The van der Waals surface area contributed by atoms with Gasteiger partial charge in [0.2, 0.25) is 0 Å². The first-order valence-corrected chi connectivity index (χ1v) is 6.65. The Bertz CT molecular complexity index is 575. The minimum Gasteiger partial charge on any atom is -0.444 e. The van der Waals surface area contributed by atoms with Crippen molar-refractivity contribution in [1.29, 1.82) is 0 Å². The van der Waals surface area contributed by atoms with Crippen molar-refractivity contribution >= 4 is 6.09 Å². The van der Waals surface area contributed by atoms with Crippen LogP contribution in [0.15, 0.2) is 4.79 Å². The average molecular weight is 265 g/mol. The molecule has 0 atom stereocenters. The molecule has 19 heavy (non-hydrogen) atoms. The summed E-state index contributed by atoms with van der Waals surface area (Å²) in [6, 6.07) is 0.412. The molecule has 1 fully saturated rings. The lowest BCUT2D eigenvalue weighted by atomic mass is 10.2. The van der Waals surface area contributed by atoms with Crippen molar-refractivity contribution in [2.75, 3.05) is 0 Å². The highest BCUT2D eigenvalue weighted by Gasteiger charge is 2.36. The molecule has 6 nitrogen and oxygen atoms in total. The molecule has 0 unspecified atom stereocenters. The van der Waals surface area contributed by atoms with Crippen LogP contribution in [0.3, 0.4) is 0 Å². The normalized spacial score (nSPS) is 18.6. The molecular formula is C13H19N3O3. The van der Waals surface area contributed by atoms with Crippen molar-refractivity contribution in [2.24, 2.45) is 0 Å². The molecule has 1 amide bonds. The van der Waals surface area contributed by atoms with Gasteiger partial charge in [0.1, 0.15) is 5.60 Å². The number of aromatic nitrogens is 2. The van der Waals surface area contributed by atoms with Crippen molar-refractivity contribution in [1.82, 2.24) is 14.7 Å². The smallest absolute Gasteiger partial charge is 0.410 e. The first-order valence-electron chi connectivity index (χ1n) is 6.65. The Morgan fingerprint density at radius 1 is 1.32 bits per heavy atom. The third-order valence-electron chi connectivity index (χ3n) is 3.39. The predicted octanol–water partition coefficient (Wildman–Crippen LogP) is 1.76. The quantitative estimate of drug-likeness (QED) is 0.841. The minimum absolute atomic E-state index is 0.0760. The fraction of sp³-hybridized carbons (Fsp3) is 0.692. The van der Waals surface area contributed by atoms with E-state index in [9.17, 15) is 9.59 Å². The summed E-state index contributed by atoms with van der Waals surface area (Å²) in [7, 11) is 0. The molecule has 0 aromatic carbocycles. The number of hydrogen-bond acceptors (Lipinski definition) is 3. The van der Waals surface area contributed by atoms with E-state index in [0.717, 1.165) is 18.5 Å². The third kappa shape index (κ3) is 2.27. The molecule has 1 aromatic heterocycles. The Labute approximate surface area is 111 Å². The fourth-order valence-electron chi connectivity index (χ4n) is 2.38. The van der Waals surface area contributed by atoms with E-state index in [0.29, 0.717) is 24.7 Å². The standard InChI is InChI=1S/C13H19N3O3/c1-13(2,3)19-12(18)15-6-9-10(7-15)16(8-4-5-8)14-11(9)17/h8H,4-7H2,1-3H3,(H,14,17). The molecule has 0 bridgehead atoms. The minimum atomic E-state index is -0.511. The molecule has 0 saturated heterocycles. The molecule has 2 aliphatic rings. The lowest BCUT2D eigenvalue weighted by molar-refractivity contribution is 0.0237. The molecule has 1 saturated carbocycles. The third-order valence-corrected chi connectivity index (χ3v) is 3.39. The van der Waals surface area contributed by atoms with Crippen molar-refractivity contribution in [3.63, 3.8) is 0 Å².